The van der Waals surface area contributed by atoms with E-state index in [-0.39, 0.29) is 41.3 Å². The van der Waals surface area contributed by atoms with Crippen LogP contribution in [0.4, 0.5) is 0 Å². The van der Waals surface area contributed by atoms with Crippen LogP contribution in [0.3, 0.4) is 0 Å². The molecule has 1 heterocycles. The highest BCUT2D eigenvalue weighted by molar-refractivity contribution is 5.98. The van der Waals surface area contributed by atoms with Crippen LogP contribution in [0.5, 0.6) is 0 Å². The first-order valence-corrected chi connectivity index (χ1v) is 12.5. The van der Waals surface area contributed by atoms with Crippen LogP contribution in [0.15, 0.2) is 24.3 Å². The molecule has 1 unspecified atom stereocenters. The number of likely N-dealkylation sites (tertiary alicyclic amines) is 1. The van der Waals surface area contributed by atoms with Gasteiger partial charge < -0.3 is 10.2 Å². The zero-order valence-electron chi connectivity index (χ0n) is 20.2. The Balaban J connectivity index is 1.73. The second-order valence-electron chi connectivity index (χ2n) is 10.3. The number of piperidine rings is 1. The molecule has 0 radical (unpaired) electrons. The molecule has 1 saturated heterocycles. The first kappa shape index (κ1) is 24.5. The Morgan fingerprint density at radius 3 is 2.31 bits per heavy atom. The Kier molecular flexibility index (Phi) is 8.50. The Bertz CT molecular complexity index is 811. The summed E-state index contributed by atoms with van der Waals surface area (Å²) < 4.78 is 0. The van der Waals surface area contributed by atoms with Gasteiger partial charge in [0.15, 0.2) is 5.78 Å². The average molecular weight is 441 g/mol. The maximum Gasteiger partial charge on any atom is 0.251 e. The monoisotopic (exact) mass is 440 g/mol. The van der Waals surface area contributed by atoms with E-state index in [1.807, 2.05) is 50.8 Å². The summed E-state index contributed by atoms with van der Waals surface area (Å²) >= 11 is 0. The molecule has 2 fully saturated rings. The van der Waals surface area contributed by atoms with E-state index in [1.54, 1.807) is 0 Å². The number of rotatable bonds is 7. The molecule has 1 aromatic carbocycles. The molecule has 0 aromatic heterocycles. The number of benzene rings is 1. The van der Waals surface area contributed by atoms with E-state index < -0.39 is 6.04 Å². The van der Waals surface area contributed by atoms with E-state index in [9.17, 15) is 14.4 Å². The maximum atomic E-state index is 13.2. The summed E-state index contributed by atoms with van der Waals surface area (Å²) in [5.41, 5.74) is 1.70. The van der Waals surface area contributed by atoms with Gasteiger partial charge >= 0.3 is 0 Å². The average Bonchev–Trinajstić information content (AvgIpc) is 2.82. The normalized spacial score (nSPS) is 20.9. The van der Waals surface area contributed by atoms with Crippen molar-refractivity contribution in [2.24, 2.45) is 17.8 Å². The molecule has 5 nitrogen and oxygen atoms in total. The van der Waals surface area contributed by atoms with Gasteiger partial charge in [0.1, 0.15) is 0 Å². The fourth-order valence-electron chi connectivity index (χ4n) is 5.22. The molecule has 1 N–H and O–H groups in total. The van der Waals surface area contributed by atoms with Crippen LogP contribution in [-0.2, 0) is 9.59 Å². The van der Waals surface area contributed by atoms with Gasteiger partial charge in [0, 0.05) is 36.4 Å². The summed E-state index contributed by atoms with van der Waals surface area (Å²) in [6, 6.07) is 7.37. The van der Waals surface area contributed by atoms with Gasteiger partial charge in [0.05, 0.1) is 6.04 Å². The number of amides is 2. The highest BCUT2D eigenvalue weighted by Crippen LogP contribution is 2.30. The molecule has 0 spiro atoms. The molecule has 176 valence electrons. The second-order valence-corrected chi connectivity index (χ2v) is 10.3. The van der Waals surface area contributed by atoms with E-state index in [0.29, 0.717) is 12.1 Å². The van der Waals surface area contributed by atoms with Crippen molar-refractivity contribution in [3.8, 4) is 0 Å². The van der Waals surface area contributed by atoms with Crippen molar-refractivity contribution in [1.29, 1.82) is 0 Å². The van der Waals surface area contributed by atoms with Gasteiger partial charge in [-0.25, -0.2) is 0 Å². The first-order chi connectivity index (χ1) is 15.3. The molecular weight excluding hydrogens is 400 g/mol. The lowest BCUT2D eigenvalue weighted by Crippen LogP contribution is -2.48. The number of hydrogen-bond donors (Lipinski definition) is 1. The molecule has 2 amide bonds. The molecule has 2 aliphatic rings. The van der Waals surface area contributed by atoms with Gasteiger partial charge in [0.2, 0.25) is 5.91 Å². The summed E-state index contributed by atoms with van der Waals surface area (Å²) in [4.78, 5) is 40.6. The van der Waals surface area contributed by atoms with E-state index in [1.165, 1.54) is 6.42 Å². The van der Waals surface area contributed by atoms with Crippen LogP contribution in [0.25, 0.3) is 0 Å². The van der Waals surface area contributed by atoms with E-state index in [4.69, 9.17) is 0 Å². The molecule has 0 bridgehead atoms. The largest absolute Gasteiger partial charge is 0.342 e. The number of carbonyl (C=O) groups excluding carboxylic acids is 3. The number of Topliss-reactive ketones (excluding diaryl/α,β-unsaturated/α-hetero) is 1. The third-order valence-corrected chi connectivity index (χ3v) is 7.13. The molecule has 5 heteroatoms. The van der Waals surface area contributed by atoms with Crippen molar-refractivity contribution in [3.63, 3.8) is 0 Å². The van der Waals surface area contributed by atoms with Crippen molar-refractivity contribution < 1.29 is 14.4 Å². The van der Waals surface area contributed by atoms with Gasteiger partial charge in [-0.05, 0) is 49.3 Å². The van der Waals surface area contributed by atoms with Crippen LogP contribution in [0.2, 0.25) is 0 Å². The highest BCUT2D eigenvalue weighted by atomic mass is 16.2. The molecule has 2 atom stereocenters. The summed E-state index contributed by atoms with van der Waals surface area (Å²) in [5, 5.41) is 3.10. The molecule has 1 saturated carbocycles. The van der Waals surface area contributed by atoms with Crippen LogP contribution in [0.1, 0.15) is 94.5 Å². The van der Waals surface area contributed by atoms with Crippen LogP contribution in [-0.4, -0.2) is 41.6 Å². The molecule has 32 heavy (non-hydrogen) atoms. The van der Waals surface area contributed by atoms with Crippen molar-refractivity contribution in [1.82, 2.24) is 10.2 Å². The fraction of sp³-hybridized carbons (Fsp3) is 0.667. The zero-order valence-corrected chi connectivity index (χ0v) is 20.2. The lowest BCUT2D eigenvalue weighted by molar-refractivity contribution is -0.135. The minimum Gasteiger partial charge on any atom is -0.342 e. The van der Waals surface area contributed by atoms with Crippen LogP contribution in [0, 0.1) is 17.8 Å². The molecular formula is C27H40N2O3. The number of nitrogens with zero attached hydrogens (tertiary/aromatic N) is 1. The van der Waals surface area contributed by atoms with Crippen molar-refractivity contribution in [3.05, 3.63) is 35.4 Å². The lowest BCUT2D eigenvalue weighted by Gasteiger charge is -2.34. The smallest absolute Gasteiger partial charge is 0.251 e. The first-order valence-electron chi connectivity index (χ1n) is 12.5. The van der Waals surface area contributed by atoms with Crippen molar-refractivity contribution in [2.75, 3.05) is 13.1 Å². The minimum atomic E-state index is -0.403. The van der Waals surface area contributed by atoms with Gasteiger partial charge in [-0.1, -0.05) is 59.1 Å². The molecule has 1 aliphatic carbocycles. The summed E-state index contributed by atoms with van der Waals surface area (Å²) in [6.45, 7) is 9.24. The Hall–Kier alpha value is -2.17. The standard InChI is InChI=1S/C27H40N2O3/c1-18(2)25(30)24(20-10-6-5-7-11-20)28-26(31)22-13-8-12-21(16-22)23-14-9-15-29(17-23)27(32)19(3)4/h8,12-13,16,18-20,23-24H,5-7,9-11,14-15,17H2,1-4H3,(H,28,31)/t23?,24-/m1/s1. The predicted octanol–water partition coefficient (Wildman–Crippen LogP) is 4.95. The summed E-state index contributed by atoms with van der Waals surface area (Å²) in [6.07, 6.45) is 7.48. The highest BCUT2D eigenvalue weighted by Gasteiger charge is 2.32. The Labute approximate surface area is 193 Å². The summed E-state index contributed by atoms with van der Waals surface area (Å²) in [7, 11) is 0. The van der Waals surface area contributed by atoms with Crippen LogP contribution >= 0.6 is 0 Å². The predicted molar refractivity (Wildman–Crippen MR) is 128 cm³/mol. The van der Waals surface area contributed by atoms with E-state index >= 15 is 0 Å². The lowest BCUT2D eigenvalue weighted by atomic mass is 9.80. The van der Waals surface area contributed by atoms with Gasteiger partial charge in [-0.2, -0.15) is 0 Å². The Morgan fingerprint density at radius 2 is 1.66 bits per heavy atom. The SMILES string of the molecule is CC(C)C(=O)[C@H](NC(=O)c1cccc(C2CCCN(C(=O)C(C)C)C2)c1)C1CCCCC1. The maximum absolute atomic E-state index is 13.2. The quantitative estimate of drug-likeness (QED) is 0.652. The molecule has 1 aromatic rings. The molecule has 3 rings (SSSR count). The zero-order chi connectivity index (χ0) is 23.3. The molecule has 1 aliphatic heterocycles. The van der Waals surface area contributed by atoms with Crippen molar-refractivity contribution in [2.45, 2.75) is 84.6 Å². The third-order valence-electron chi connectivity index (χ3n) is 7.13. The van der Waals surface area contributed by atoms with Crippen LogP contribution < -0.4 is 5.32 Å². The minimum absolute atomic E-state index is 0.000997. The fourth-order valence-corrected chi connectivity index (χ4v) is 5.22. The van der Waals surface area contributed by atoms with Gasteiger partial charge in [-0.15, -0.1) is 0 Å². The number of carbonyl (C=O) groups is 3. The number of nitrogens with one attached hydrogen (secondary N) is 1. The van der Waals surface area contributed by atoms with E-state index in [2.05, 4.69) is 11.4 Å². The Morgan fingerprint density at radius 1 is 0.938 bits per heavy atom. The van der Waals surface area contributed by atoms with Gasteiger partial charge in [0.25, 0.3) is 5.91 Å². The topological polar surface area (TPSA) is 66.5 Å². The number of hydrogen-bond acceptors (Lipinski definition) is 3. The third kappa shape index (κ3) is 5.99. The second kappa shape index (κ2) is 11.1. The number of ketones is 1. The summed E-state index contributed by atoms with van der Waals surface area (Å²) in [5.74, 6) is 0.553. The van der Waals surface area contributed by atoms with E-state index in [0.717, 1.165) is 50.6 Å². The van der Waals surface area contributed by atoms with Crippen molar-refractivity contribution >= 4 is 17.6 Å². The van der Waals surface area contributed by atoms with Gasteiger partial charge in [-0.3, -0.25) is 14.4 Å².